The maximum absolute atomic E-state index is 12.6. The van der Waals surface area contributed by atoms with Crippen LogP contribution in [0.2, 0.25) is 0 Å². The van der Waals surface area contributed by atoms with Gasteiger partial charge in [-0.15, -0.1) is 10.2 Å². The number of ether oxygens (including phenoxy) is 1. The third-order valence-electron chi connectivity index (χ3n) is 4.34. The third kappa shape index (κ3) is 4.15. The zero-order valence-electron chi connectivity index (χ0n) is 14.9. The predicted octanol–water partition coefficient (Wildman–Crippen LogP) is 3.44. The lowest BCUT2D eigenvalue weighted by Crippen LogP contribution is -2.23. The summed E-state index contributed by atoms with van der Waals surface area (Å²) in [6.45, 7) is 4.81. The Morgan fingerprint density at radius 1 is 1.32 bits per heavy atom. The quantitative estimate of drug-likeness (QED) is 0.827. The van der Waals surface area contributed by atoms with Crippen molar-refractivity contribution in [2.45, 2.75) is 56.5 Å². The van der Waals surface area contributed by atoms with Gasteiger partial charge in [-0.25, -0.2) is 0 Å². The van der Waals surface area contributed by atoms with Crippen LogP contribution in [-0.2, 0) is 17.8 Å². The Bertz CT molecular complexity index is 760. The molecular formula is C18H24N4O2S. The van der Waals surface area contributed by atoms with E-state index in [1.807, 2.05) is 32.0 Å². The second kappa shape index (κ2) is 7.91. The number of nitrogens with one attached hydrogen (secondary N) is 1. The Morgan fingerprint density at radius 3 is 2.96 bits per heavy atom. The van der Waals surface area contributed by atoms with Gasteiger partial charge in [0, 0.05) is 13.0 Å². The lowest BCUT2D eigenvalue weighted by atomic mass is 10.2. The average Bonchev–Trinajstić information content (AvgIpc) is 2.81. The number of carbonyl (C=O) groups is 1. The van der Waals surface area contributed by atoms with E-state index in [4.69, 9.17) is 4.74 Å². The molecule has 0 aliphatic carbocycles. The summed E-state index contributed by atoms with van der Waals surface area (Å²) >= 11 is 1.46. The van der Waals surface area contributed by atoms with E-state index >= 15 is 0 Å². The maximum Gasteiger partial charge on any atom is 0.237 e. The number of thioether (sulfide) groups is 1. The highest BCUT2D eigenvalue weighted by Gasteiger charge is 2.21. The van der Waals surface area contributed by atoms with Crippen LogP contribution in [0, 0.1) is 6.92 Å². The van der Waals surface area contributed by atoms with Gasteiger partial charge in [0.1, 0.15) is 11.6 Å². The summed E-state index contributed by atoms with van der Waals surface area (Å²) in [5.74, 6) is 1.63. The Kier molecular flexibility index (Phi) is 5.63. The molecule has 1 atom stereocenters. The molecule has 1 unspecified atom stereocenters. The highest BCUT2D eigenvalue weighted by Crippen LogP contribution is 2.29. The zero-order valence-corrected chi connectivity index (χ0v) is 15.7. The van der Waals surface area contributed by atoms with Crippen LogP contribution in [0.1, 0.15) is 37.6 Å². The van der Waals surface area contributed by atoms with Crippen molar-refractivity contribution in [1.82, 2.24) is 14.8 Å². The van der Waals surface area contributed by atoms with E-state index < -0.39 is 0 Å². The van der Waals surface area contributed by atoms with Crippen LogP contribution < -0.4 is 10.1 Å². The first-order valence-electron chi connectivity index (χ1n) is 8.62. The van der Waals surface area contributed by atoms with Crippen LogP contribution in [0.15, 0.2) is 23.4 Å². The van der Waals surface area contributed by atoms with E-state index in [-0.39, 0.29) is 11.2 Å². The minimum Gasteiger partial charge on any atom is -0.495 e. The van der Waals surface area contributed by atoms with Crippen molar-refractivity contribution in [1.29, 1.82) is 0 Å². The zero-order chi connectivity index (χ0) is 17.8. The van der Waals surface area contributed by atoms with Gasteiger partial charge in [0.05, 0.1) is 18.0 Å². The van der Waals surface area contributed by atoms with E-state index in [1.54, 1.807) is 7.11 Å². The number of amides is 1. The molecule has 2 heterocycles. The molecular weight excluding hydrogens is 336 g/mol. The number of nitrogens with zero attached hydrogens (tertiary/aromatic N) is 3. The molecule has 1 N–H and O–H groups in total. The Balaban J connectivity index is 1.69. The number of aromatic nitrogens is 3. The molecule has 0 saturated heterocycles. The number of hydrogen-bond donors (Lipinski definition) is 1. The van der Waals surface area contributed by atoms with Gasteiger partial charge in [0.2, 0.25) is 5.91 Å². The molecule has 0 spiro atoms. The highest BCUT2D eigenvalue weighted by molar-refractivity contribution is 8.00. The van der Waals surface area contributed by atoms with Gasteiger partial charge >= 0.3 is 0 Å². The smallest absolute Gasteiger partial charge is 0.237 e. The number of anilines is 1. The van der Waals surface area contributed by atoms with Crippen molar-refractivity contribution in [2.24, 2.45) is 0 Å². The van der Waals surface area contributed by atoms with E-state index in [0.29, 0.717) is 11.4 Å². The molecule has 0 radical (unpaired) electrons. The van der Waals surface area contributed by atoms with Gasteiger partial charge in [0.25, 0.3) is 0 Å². The standard InChI is InChI=1S/C18H24N4O2S/c1-12-8-9-15(24-3)14(11-12)19-17(23)13(2)25-18-21-20-16-7-5-4-6-10-22(16)18/h8-9,11,13H,4-7,10H2,1-3H3,(H,19,23). The monoisotopic (exact) mass is 360 g/mol. The van der Waals surface area contributed by atoms with Crippen molar-refractivity contribution in [3.8, 4) is 5.75 Å². The lowest BCUT2D eigenvalue weighted by Gasteiger charge is -2.15. The molecule has 0 saturated carbocycles. The Hall–Kier alpha value is -2.02. The van der Waals surface area contributed by atoms with Gasteiger partial charge in [-0.05, 0) is 44.4 Å². The van der Waals surface area contributed by atoms with Gasteiger partial charge < -0.3 is 14.6 Å². The molecule has 1 aliphatic rings. The predicted molar refractivity (Wildman–Crippen MR) is 99.3 cm³/mol. The van der Waals surface area contributed by atoms with Crippen LogP contribution in [0.4, 0.5) is 5.69 Å². The molecule has 0 bridgehead atoms. The van der Waals surface area contributed by atoms with Crippen LogP contribution in [0.3, 0.4) is 0 Å². The second-order valence-corrected chi connectivity index (χ2v) is 7.62. The molecule has 25 heavy (non-hydrogen) atoms. The minimum absolute atomic E-state index is 0.0696. The molecule has 3 rings (SSSR count). The maximum atomic E-state index is 12.6. The highest BCUT2D eigenvalue weighted by atomic mass is 32.2. The average molecular weight is 360 g/mol. The number of rotatable bonds is 5. The summed E-state index contributed by atoms with van der Waals surface area (Å²) in [6, 6.07) is 5.73. The molecule has 0 fully saturated rings. The molecule has 7 heteroatoms. The fourth-order valence-electron chi connectivity index (χ4n) is 2.91. The van der Waals surface area contributed by atoms with E-state index in [0.717, 1.165) is 42.4 Å². The van der Waals surface area contributed by atoms with Crippen LogP contribution in [-0.4, -0.2) is 33.0 Å². The van der Waals surface area contributed by atoms with E-state index in [2.05, 4.69) is 20.1 Å². The van der Waals surface area contributed by atoms with Crippen molar-refractivity contribution in [3.63, 3.8) is 0 Å². The fourth-order valence-corrected chi connectivity index (χ4v) is 3.81. The molecule has 1 aromatic carbocycles. The Morgan fingerprint density at radius 2 is 2.16 bits per heavy atom. The summed E-state index contributed by atoms with van der Waals surface area (Å²) in [4.78, 5) is 12.6. The van der Waals surface area contributed by atoms with Crippen molar-refractivity contribution in [2.75, 3.05) is 12.4 Å². The molecule has 1 amide bonds. The molecule has 1 aliphatic heterocycles. The first kappa shape index (κ1) is 17.8. The number of methoxy groups -OCH3 is 1. The SMILES string of the molecule is COc1ccc(C)cc1NC(=O)C(C)Sc1nnc2n1CCCCC2. The van der Waals surface area contributed by atoms with Crippen LogP contribution in [0.5, 0.6) is 5.75 Å². The topological polar surface area (TPSA) is 69.0 Å². The third-order valence-corrected chi connectivity index (χ3v) is 5.42. The largest absolute Gasteiger partial charge is 0.495 e. The first-order chi connectivity index (χ1) is 12.1. The van der Waals surface area contributed by atoms with Gasteiger partial charge in [-0.1, -0.05) is 24.2 Å². The molecule has 2 aromatic rings. The van der Waals surface area contributed by atoms with Gasteiger partial charge in [0.15, 0.2) is 5.16 Å². The summed E-state index contributed by atoms with van der Waals surface area (Å²) in [5.41, 5.74) is 1.76. The number of carbonyl (C=O) groups excluding carboxylic acids is 1. The first-order valence-corrected chi connectivity index (χ1v) is 9.50. The number of benzene rings is 1. The van der Waals surface area contributed by atoms with Crippen molar-refractivity contribution >= 4 is 23.4 Å². The van der Waals surface area contributed by atoms with Crippen molar-refractivity contribution in [3.05, 3.63) is 29.6 Å². The minimum atomic E-state index is -0.276. The normalized spacial score (nSPS) is 15.2. The van der Waals surface area contributed by atoms with E-state index in [9.17, 15) is 4.79 Å². The number of hydrogen-bond acceptors (Lipinski definition) is 5. The van der Waals surface area contributed by atoms with Gasteiger partial charge in [-0.2, -0.15) is 0 Å². The summed E-state index contributed by atoms with van der Waals surface area (Å²) in [5, 5.41) is 12.1. The lowest BCUT2D eigenvalue weighted by molar-refractivity contribution is -0.115. The van der Waals surface area contributed by atoms with E-state index in [1.165, 1.54) is 18.2 Å². The molecule has 6 nitrogen and oxygen atoms in total. The number of aryl methyl sites for hydroxylation is 2. The Labute approximate surface area is 152 Å². The van der Waals surface area contributed by atoms with Crippen LogP contribution >= 0.6 is 11.8 Å². The summed E-state index contributed by atoms with van der Waals surface area (Å²) in [6.07, 6.45) is 4.48. The van der Waals surface area contributed by atoms with Crippen LogP contribution in [0.25, 0.3) is 0 Å². The summed E-state index contributed by atoms with van der Waals surface area (Å²) in [7, 11) is 1.60. The molecule has 1 aromatic heterocycles. The van der Waals surface area contributed by atoms with Crippen molar-refractivity contribution < 1.29 is 9.53 Å². The summed E-state index contributed by atoms with van der Waals surface area (Å²) < 4.78 is 7.49. The number of fused-ring (bicyclic) bond motifs is 1. The fraction of sp³-hybridized carbons (Fsp3) is 0.500. The molecule has 134 valence electrons. The second-order valence-electron chi connectivity index (χ2n) is 6.31. The van der Waals surface area contributed by atoms with Gasteiger partial charge in [-0.3, -0.25) is 4.79 Å².